The predicted molar refractivity (Wildman–Crippen MR) is 72.5 cm³/mol. The van der Waals surface area contributed by atoms with Crippen molar-refractivity contribution in [3.63, 3.8) is 0 Å². The average Bonchev–Trinajstić information content (AvgIpc) is 2.71. The van der Waals surface area contributed by atoms with Crippen LogP contribution in [0.1, 0.15) is 23.7 Å². The number of ether oxygens (including phenoxy) is 2. The second-order valence-corrected chi connectivity index (χ2v) is 4.83. The van der Waals surface area contributed by atoms with Crippen LogP contribution < -0.4 is 9.47 Å². The molecule has 5 heteroatoms. The van der Waals surface area contributed by atoms with Gasteiger partial charge in [-0.25, -0.2) is 8.78 Å². The Kier molecular flexibility index (Phi) is 3.75. The van der Waals surface area contributed by atoms with E-state index in [0.29, 0.717) is 30.3 Å². The molecule has 0 spiro atoms. The summed E-state index contributed by atoms with van der Waals surface area (Å²) in [5.74, 6) is -0.341. The van der Waals surface area contributed by atoms with Crippen molar-refractivity contribution in [1.29, 1.82) is 0 Å². The number of benzene rings is 2. The van der Waals surface area contributed by atoms with Gasteiger partial charge in [-0.2, -0.15) is 0 Å². The molecule has 21 heavy (non-hydrogen) atoms. The summed E-state index contributed by atoms with van der Waals surface area (Å²) >= 11 is 0. The van der Waals surface area contributed by atoms with Gasteiger partial charge in [0.05, 0.1) is 13.2 Å². The van der Waals surface area contributed by atoms with Crippen LogP contribution >= 0.6 is 0 Å². The highest BCUT2D eigenvalue weighted by Gasteiger charge is 2.18. The van der Waals surface area contributed by atoms with E-state index in [1.54, 1.807) is 18.2 Å². The van der Waals surface area contributed by atoms with Crippen molar-refractivity contribution >= 4 is 0 Å². The Morgan fingerprint density at radius 1 is 0.952 bits per heavy atom. The second kappa shape index (κ2) is 5.69. The summed E-state index contributed by atoms with van der Waals surface area (Å²) in [7, 11) is 0. The van der Waals surface area contributed by atoms with E-state index in [9.17, 15) is 13.9 Å². The summed E-state index contributed by atoms with van der Waals surface area (Å²) < 4.78 is 37.7. The monoisotopic (exact) mass is 292 g/mol. The first-order chi connectivity index (χ1) is 10.1. The van der Waals surface area contributed by atoms with Crippen LogP contribution in [0, 0.1) is 11.6 Å². The SMILES string of the molecule is OC(c1ccc2c(c1)OCCCO2)c1ccc(F)cc1F. The Hall–Kier alpha value is -2.14. The lowest BCUT2D eigenvalue weighted by Crippen LogP contribution is -2.04. The molecule has 2 aromatic rings. The van der Waals surface area contributed by atoms with Crippen LogP contribution in [0.4, 0.5) is 8.78 Å². The van der Waals surface area contributed by atoms with Crippen molar-refractivity contribution in [1.82, 2.24) is 0 Å². The summed E-state index contributed by atoms with van der Waals surface area (Å²) in [6.07, 6.45) is -0.415. The van der Waals surface area contributed by atoms with E-state index in [1.807, 2.05) is 0 Å². The number of fused-ring (bicyclic) bond motifs is 1. The molecule has 0 fully saturated rings. The van der Waals surface area contributed by atoms with E-state index >= 15 is 0 Å². The zero-order valence-electron chi connectivity index (χ0n) is 11.2. The summed E-state index contributed by atoms with van der Waals surface area (Å²) in [5, 5.41) is 10.3. The third kappa shape index (κ3) is 2.83. The molecule has 0 radical (unpaired) electrons. The number of rotatable bonds is 2. The molecule has 0 bridgehead atoms. The summed E-state index contributed by atoms with van der Waals surface area (Å²) in [6.45, 7) is 1.10. The molecule has 0 aromatic heterocycles. The summed E-state index contributed by atoms with van der Waals surface area (Å²) in [6, 6.07) is 8.04. The first-order valence-electron chi connectivity index (χ1n) is 6.68. The van der Waals surface area contributed by atoms with Crippen LogP contribution in [0.15, 0.2) is 36.4 Å². The maximum atomic E-state index is 13.7. The molecule has 110 valence electrons. The van der Waals surface area contributed by atoms with Crippen LogP contribution in [0.5, 0.6) is 11.5 Å². The minimum atomic E-state index is -1.19. The smallest absolute Gasteiger partial charge is 0.161 e. The first kappa shape index (κ1) is 13.8. The molecule has 1 heterocycles. The van der Waals surface area contributed by atoms with Crippen molar-refractivity contribution in [3.05, 3.63) is 59.2 Å². The highest BCUT2D eigenvalue weighted by Crippen LogP contribution is 2.34. The quantitative estimate of drug-likeness (QED) is 0.923. The first-order valence-corrected chi connectivity index (χ1v) is 6.68. The summed E-state index contributed by atoms with van der Waals surface area (Å²) in [4.78, 5) is 0. The number of halogens is 2. The zero-order chi connectivity index (χ0) is 14.8. The molecule has 0 amide bonds. The van der Waals surface area contributed by atoms with Gasteiger partial charge in [0.25, 0.3) is 0 Å². The third-order valence-electron chi connectivity index (χ3n) is 3.34. The highest BCUT2D eigenvalue weighted by molar-refractivity contribution is 5.45. The van der Waals surface area contributed by atoms with E-state index in [1.165, 1.54) is 6.07 Å². The molecule has 1 atom stereocenters. The zero-order valence-corrected chi connectivity index (χ0v) is 11.2. The van der Waals surface area contributed by atoms with Gasteiger partial charge >= 0.3 is 0 Å². The van der Waals surface area contributed by atoms with Gasteiger partial charge < -0.3 is 14.6 Å². The molecule has 1 aliphatic heterocycles. The molecule has 0 saturated heterocycles. The lowest BCUT2D eigenvalue weighted by Gasteiger charge is -2.15. The van der Waals surface area contributed by atoms with Crippen molar-refractivity contribution in [3.8, 4) is 11.5 Å². The lowest BCUT2D eigenvalue weighted by atomic mass is 10.0. The predicted octanol–water partition coefficient (Wildman–Crippen LogP) is 3.21. The second-order valence-electron chi connectivity index (χ2n) is 4.83. The van der Waals surface area contributed by atoms with E-state index in [2.05, 4.69) is 0 Å². The van der Waals surface area contributed by atoms with Gasteiger partial charge in [-0.1, -0.05) is 12.1 Å². The molecule has 0 saturated carbocycles. The summed E-state index contributed by atoms with van der Waals surface area (Å²) in [5.41, 5.74) is 0.482. The minimum absolute atomic E-state index is 0.0193. The Labute approximate surface area is 120 Å². The van der Waals surface area contributed by atoms with Gasteiger partial charge in [0.2, 0.25) is 0 Å². The fraction of sp³-hybridized carbons (Fsp3) is 0.250. The van der Waals surface area contributed by atoms with E-state index < -0.39 is 17.7 Å². The Balaban J connectivity index is 1.94. The van der Waals surface area contributed by atoms with Crippen molar-refractivity contribution < 1.29 is 23.4 Å². The number of aliphatic hydroxyl groups is 1. The van der Waals surface area contributed by atoms with Crippen molar-refractivity contribution in [2.24, 2.45) is 0 Å². The molecule has 1 unspecified atom stereocenters. The Morgan fingerprint density at radius 2 is 1.71 bits per heavy atom. The van der Waals surface area contributed by atoms with Gasteiger partial charge in [-0.3, -0.25) is 0 Å². The molecule has 1 N–H and O–H groups in total. The minimum Gasteiger partial charge on any atom is -0.490 e. The van der Waals surface area contributed by atoms with Crippen molar-refractivity contribution in [2.45, 2.75) is 12.5 Å². The largest absolute Gasteiger partial charge is 0.490 e. The molecular formula is C16H14F2O3. The number of hydrogen-bond acceptors (Lipinski definition) is 3. The Morgan fingerprint density at radius 3 is 2.48 bits per heavy atom. The van der Waals surface area contributed by atoms with E-state index in [0.717, 1.165) is 18.6 Å². The molecule has 3 nitrogen and oxygen atoms in total. The van der Waals surface area contributed by atoms with Crippen LogP contribution in [0.3, 0.4) is 0 Å². The van der Waals surface area contributed by atoms with Gasteiger partial charge in [0, 0.05) is 18.1 Å². The normalized spacial score (nSPS) is 15.4. The standard InChI is InChI=1S/C16H14F2O3/c17-11-3-4-12(13(18)9-11)16(19)10-2-5-14-15(8-10)21-7-1-6-20-14/h2-5,8-9,16,19H,1,6-7H2. The lowest BCUT2D eigenvalue weighted by molar-refractivity contribution is 0.214. The molecule has 3 rings (SSSR count). The topological polar surface area (TPSA) is 38.7 Å². The van der Waals surface area contributed by atoms with Crippen LogP contribution in [-0.2, 0) is 0 Å². The molecular weight excluding hydrogens is 278 g/mol. The van der Waals surface area contributed by atoms with Crippen molar-refractivity contribution in [2.75, 3.05) is 13.2 Å². The molecule has 1 aliphatic rings. The van der Waals surface area contributed by atoms with E-state index in [-0.39, 0.29) is 5.56 Å². The van der Waals surface area contributed by atoms with Gasteiger partial charge in [-0.05, 0) is 23.8 Å². The fourth-order valence-electron chi connectivity index (χ4n) is 2.25. The Bertz CT molecular complexity index is 658. The fourth-order valence-corrected chi connectivity index (χ4v) is 2.25. The molecule has 0 aliphatic carbocycles. The van der Waals surface area contributed by atoms with Crippen LogP contribution in [0.2, 0.25) is 0 Å². The van der Waals surface area contributed by atoms with Crippen LogP contribution in [-0.4, -0.2) is 18.3 Å². The highest BCUT2D eigenvalue weighted by atomic mass is 19.1. The van der Waals surface area contributed by atoms with Gasteiger partial charge in [-0.15, -0.1) is 0 Å². The molecule has 2 aromatic carbocycles. The maximum absolute atomic E-state index is 13.7. The van der Waals surface area contributed by atoms with Crippen LogP contribution in [0.25, 0.3) is 0 Å². The van der Waals surface area contributed by atoms with Gasteiger partial charge in [0.1, 0.15) is 17.7 Å². The van der Waals surface area contributed by atoms with Gasteiger partial charge in [0.15, 0.2) is 11.5 Å². The van der Waals surface area contributed by atoms with E-state index in [4.69, 9.17) is 9.47 Å². The maximum Gasteiger partial charge on any atom is 0.161 e. The average molecular weight is 292 g/mol. The number of hydrogen-bond donors (Lipinski definition) is 1. The third-order valence-corrected chi connectivity index (χ3v) is 3.34. The number of aliphatic hydroxyl groups excluding tert-OH is 1.